The first-order valence-corrected chi connectivity index (χ1v) is 9.58. The number of hydrogen-bond donors (Lipinski definition) is 1. The highest BCUT2D eigenvalue weighted by molar-refractivity contribution is 5.99. The molecule has 1 N–H and O–H groups in total. The summed E-state index contributed by atoms with van der Waals surface area (Å²) in [4.78, 5) is 23.5. The summed E-state index contributed by atoms with van der Waals surface area (Å²) in [5.41, 5.74) is 3.32. The molecule has 4 rings (SSSR count). The van der Waals surface area contributed by atoms with Crippen LogP contribution >= 0.6 is 0 Å². The van der Waals surface area contributed by atoms with E-state index in [2.05, 4.69) is 5.32 Å². The van der Waals surface area contributed by atoms with Crippen molar-refractivity contribution < 1.29 is 28.5 Å². The van der Waals surface area contributed by atoms with Crippen LogP contribution in [0.25, 0.3) is 11.1 Å². The van der Waals surface area contributed by atoms with Crippen molar-refractivity contribution in [2.45, 2.75) is 19.4 Å². The standard InChI is InChI=1S/C22H23NO6/c1-26-18-8-7-16(14-5-6-17-15(11-14)12-23-21(17)24)19(20(18)27-2)28-9-10-29-22(25)13-3-4-13/h5-8,11,13H,3-4,9-10,12H2,1-2H3,(H,23,24). The Bertz CT molecular complexity index is 951. The molecule has 1 heterocycles. The van der Waals surface area contributed by atoms with Gasteiger partial charge in [0.25, 0.3) is 5.91 Å². The van der Waals surface area contributed by atoms with E-state index >= 15 is 0 Å². The molecule has 7 nitrogen and oxygen atoms in total. The van der Waals surface area contributed by atoms with Crippen LogP contribution in [0.1, 0.15) is 28.8 Å². The van der Waals surface area contributed by atoms with Crippen molar-refractivity contribution >= 4 is 11.9 Å². The molecule has 0 atom stereocenters. The van der Waals surface area contributed by atoms with Crippen LogP contribution in [-0.2, 0) is 16.1 Å². The Hall–Kier alpha value is -3.22. The van der Waals surface area contributed by atoms with Crippen LogP contribution in [0.5, 0.6) is 17.2 Å². The van der Waals surface area contributed by atoms with Gasteiger partial charge >= 0.3 is 5.97 Å². The number of rotatable bonds is 8. The number of methoxy groups -OCH3 is 2. The van der Waals surface area contributed by atoms with Gasteiger partial charge in [0.15, 0.2) is 11.5 Å². The predicted octanol–water partition coefficient (Wildman–Crippen LogP) is 2.95. The largest absolute Gasteiger partial charge is 0.493 e. The van der Waals surface area contributed by atoms with Crippen molar-refractivity contribution in [1.29, 1.82) is 0 Å². The maximum Gasteiger partial charge on any atom is 0.309 e. The van der Waals surface area contributed by atoms with Crippen molar-refractivity contribution in [3.8, 4) is 28.4 Å². The Labute approximate surface area is 168 Å². The molecule has 2 aromatic rings. The molecule has 1 amide bonds. The second-order valence-electron chi connectivity index (χ2n) is 7.02. The lowest BCUT2D eigenvalue weighted by Gasteiger charge is -2.18. The molecule has 1 aliphatic carbocycles. The van der Waals surface area contributed by atoms with Gasteiger partial charge in [0.1, 0.15) is 13.2 Å². The highest BCUT2D eigenvalue weighted by Gasteiger charge is 2.31. The number of nitrogens with one attached hydrogen (secondary N) is 1. The minimum absolute atomic E-state index is 0.0552. The fourth-order valence-corrected chi connectivity index (χ4v) is 3.39. The van der Waals surface area contributed by atoms with Crippen LogP contribution in [0, 0.1) is 5.92 Å². The van der Waals surface area contributed by atoms with Crippen LogP contribution in [0.15, 0.2) is 30.3 Å². The maximum absolute atomic E-state index is 11.8. The second kappa shape index (κ2) is 8.03. The van der Waals surface area contributed by atoms with Gasteiger partial charge in [0, 0.05) is 17.7 Å². The zero-order valence-electron chi connectivity index (χ0n) is 16.4. The van der Waals surface area contributed by atoms with E-state index in [0.717, 1.165) is 29.5 Å². The average Bonchev–Trinajstić information content (AvgIpc) is 3.53. The lowest BCUT2D eigenvalue weighted by molar-refractivity contribution is -0.145. The molecule has 0 saturated heterocycles. The molecule has 0 spiro atoms. The smallest absolute Gasteiger partial charge is 0.309 e. The van der Waals surface area contributed by atoms with Gasteiger partial charge in [-0.1, -0.05) is 6.07 Å². The van der Waals surface area contributed by atoms with Gasteiger partial charge in [-0.05, 0) is 48.2 Å². The molecule has 0 radical (unpaired) electrons. The third-order valence-electron chi connectivity index (χ3n) is 5.09. The zero-order valence-corrected chi connectivity index (χ0v) is 16.4. The minimum atomic E-state index is -0.165. The van der Waals surface area contributed by atoms with Gasteiger partial charge in [0.05, 0.1) is 20.1 Å². The Kier molecular flexibility index (Phi) is 5.29. The number of carbonyl (C=O) groups is 2. The Morgan fingerprint density at radius 3 is 2.55 bits per heavy atom. The lowest BCUT2D eigenvalue weighted by Crippen LogP contribution is -2.14. The van der Waals surface area contributed by atoms with Crippen molar-refractivity contribution in [3.63, 3.8) is 0 Å². The number of benzene rings is 2. The summed E-state index contributed by atoms with van der Waals surface area (Å²) in [6.45, 7) is 0.861. The fourth-order valence-electron chi connectivity index (χ4n) is 3.39. The summed E-state index contributed by atoms with van der Waals surface area (Å²) in [6.07, 6.45) is 1.81. The molecule has 152 valence electrons. The van der Waals surface area contributed by atoms with Crippen molar-refractivity contribution in [2.75, 3.05) is 27.4 Å². The van der Waals surface area contributed by atoms with E-state index in [-0.39, 0.29) is 31.0 Å². The van der Waals surface area contributed by atoms with Gasteiger partial charge in [-0.25, -0.2) is 0 Å². The zero-order chi connectivity index (χ0) is 20.4. The summed E-state index contributed by atoms with van der Waals surface area (Å²) in [5, 5.41) is 2.82. The number of hydrogen-bond acceptors (Lipinski definition) is 6. The normalized spacial score (nSPS) is 14.8. The van der Waals surface area contributed by atoms with E-state index in [1.165, 1.54) is 0 Å². The molecule has 0 aromatic heterocycles. The molecule has 1 fully saturated rings. The van der Waals surface area contributed by atoms with Gasteiger partial charge in [-0.15, -0.1) is 0 Å². The van der Waals surface area contributed by atoms with Gasteiger partial charge in [0.2, 0.25) is 5.75 Å². The summed E-state index contributed by atoms with van der Waals surface area (Å²) in [6, 6.07) is 9.36. The number of carbonyl (C=O) groups excluding carboxylic acids is 2. The van der Waals surface area contributed by atoms with Crippen LogP contribution in [0.3, 0.4) is 0 Å². The first kappa shape index (κ1) is 19.1. The first-order chi connectivity index (χ1) is 14.1. The second-order valence-corrected chi connectivity index (χ2v) is 7.02. The van der Waals surface area contributed by atoms with Crippen molar-refractivity contribution in [3.05, 3.63) is 41.5 Å². The van der Waals surface area contributed by atoms with E-state index in [0.29, 0.717) is 29.4 Å². The monoisotopic (exact) mass is 397 g/mol. The molecule has 1 saturated carbocycles. The van der Waals surface area contributed by atoms with E-state index in [9.17, 15) is 9.59 Å². The Balaban J connectivity index is 1.60. The highest BCUT2D eigenvalue weighted by Crippen LogP contribution is 2.45. The van der Waals surface area contributed by atoms with Crippen LogP contribution in [0.4, 0.5) is 0 Å². The van der Waals surface area contributed by atoms with Crippen LogP contribution in [0.2, 0.25) is 0 Å². The lowest BCUT2D eigenvalue weighted by atomic mass is 9.99. The average molecular weight is 397 g/mol. The molecule has 29 heavy (non-hydrogen) atoms. The van der Waals surface area contributed by atoms with E-state index in [1.807, 2.05) is 30.3 Å². The maximum atomic E-state index is 11.8. The van der Waals surface area contributed by atoms with E-state index < -0.39 is 0 Å². The molecule has 2 aromatic carbocycles. The van der Waals surface area contributed by atoms with Crippen molar-refractivity contribution in [1.82, 2.24) is 5.32 Å². The predicted molar refractivity (Wildman–Crippen MR) is 105 cm³/mol. The SMILES string of the molecule is COc1ccc(-c2ccc3c(c2)CNC3=O)c(OCCOC(=O)C2CC2)c1OC. The summed E-state index contributed by atoms with van der Waals surface area (Å²) in [5.74, 6) is 1.34. The number of ether oxygens (including phenoxy) is 4. The van der Waals surface area contributed by atoms with Gasteiger partial charge in [-0.3, -0.25) is 9.59 Å². The topological polar surface area (TPSA) is 83.1 Å². The fraction of sp³-hybridized carbons (Fsp3) is 0.364. The number of fused-ring (bicyclic) bond motifs is 1. The van der Waals surface area contributed by atoms with E-state index in [1.54, 1.807) is 14.2 Å². The molecule has 0 bridgehead atoms. The third kappa shape index (κ3) is 3.85. The van der Waals surface area contributed by atoms with Gasteiger partial charge in [-0.2, -0.15) is 0 Å². The Morgan fingerprint density at radius 1 is 1.03 bits per heavy atom. The minimum Gasteiger partial charge on any atom is -0.493 e. The van der Waals surface area contributed by atoms with E-state index in [4.69, 9.17) is 18.9 Å². The molecule has 2 aliphatic rings. The molecule has 0 unspecified atom stereocenters. The molecule has 7 heteroatoms. The summed E-state index contributed by atoms with van der Waals surface area (Å²) < 4.78 is 22.2. The van der Waals surface area contributed by atoms with Crippen LogP contribution < -0.4 is 19.5 Å². The molecule has 1 aliphatic heterocycles. The van der Waals surface area contributed by atoms with Crippen molar-refractivity contribution in [2.24, 2.45) is 5.92 Å². The Morgan fingerprint density at radius 2 is 1.83 bits per heavy atom. The molecular weight excluding hydrogens is 374 g/mol. The highest BCUT2D eigenvalue weighted by atomic mass is 16.6. The van der Waals surface area contributed by atoms with Gasteiger partial charge < -0.3 is 24.3 Å². The summed E-state index contributed by atoms with van der Waals surface area (Å²) >= 11 is 0. The number of amides is 1. The number of esters is 1. The molecular formula is C22H23NO6. The summed E-state index contributed by atoms with van der Waals surface area (Å²) in [7, 11) is 3.11. The first-order valence-electron chi connectivity index (χ1n) is 9.58. The quantitative estimate of drug-likeness (QED) is 0.545. The van der Waals surface area contributed by atoms with Crippen LogP contribution in [-0.4, -0.2) is 39.3 Å². The third-order valence-corrected chi connectivity index (χ3v) is 5.09.